The molecule has 0 aliphatic carbocycles. The highest BCUT2D eigenvalue weighted by atomic mass is 35.5. The van der Waals surface area contributed by atoms with Gasteiger partial charge in [0.1, 0.15) is 5.75 Å². The fraction of sp³-hybridized carbons (Fsp3) is 0.158. The monoisotopic (exact) mass is 402 g/mol. The maximum absolute atomic E-state index is 11.9. The van der Waals surface area contributed by atoms with Crippen LogP contribution in [0.3, 0.4) is 0 Å². The number of hydrazone groups is 1. The molecule has 8 nitrogen and oxygen atoms in total. The Labute approximate surface area is 166 Å². The van der Waals surface area contributed by atoms with Crippen molar-refractivity contribution in [2.24, 2.45) is 5.10 Å². The Balaban J connectivity index is 1.86. The largest absolute Gasteiger partial charge is 0.482 e. The molecule has 9 heteroatoms. The van der Waals surface area contributed by atoms with Crippen LogP contribution in [0.1, 0.15) is 12.5 Å². The molecule has 0 aliphatic rings. The van der Waals surface area contributed by atoms with Crippen LogP contribution < -0.4 is 20.8 Å². The molecular formula is C19H19ClN4O4. The van der Waals surface area contributed by atoms with Crippen LogP contribution in [0.5, 0.6) is 5.75 Å². The molecule has 3 N–H and O–H groups in total. The fourth-order valence-electron chi connectivity index (χ4n) is 2.03. The number of carbonyl (C=O) groups is 3. The third-order valence-corrected chi connectivity index (χ3v) is 3.59. The molecule has 2 aromatic carbocycles. The molecule has 0 atom stereocenters. The first kappa shape index (κ1) is 20.9. The molecular weight excluding hydrogens is 384 g/mol. The first-order valence-corrected chi connectivity index (χ1v) is 8.76. The number of amides is 3. The average Bonchev–Trinajstić information content (AvgIpc) is 2.68. The molecule has 0 radical (unpaired) electrons. The smallest absolute Gasteiger partial charge is 0.329 e. The number of hydrogen-bond donors (Lipinski definition) is 3. The molecule has 0 unspecified atom stereocenters. The van der Waals surface area contributed by atoms with E-state index in [-0.39, 0.29) is 17.5 Å². The molecule has 2 rings (SSSR count). The fourth-order valence-corrected chi connectivity index (χ4v) is 2.28. The second-order valence-corrected chi connectivity index (χ2v) is 5.86. The van der Waals surface area contributed by atoms with Crippen LogP contribution in [-0.2, 0) is 14.4 Å². The molecule has 0 saturated heterocycles. The van der Waals surface area contributed by atoms with Gasteiger partial charge in [-0.05, 0) is 42.8 Å². The summed E-state index contributed by atoms with van der Waals surface area (Å²) in [5.74, 6) is -1.63. The predicted molar refractivity (Wildman–Crippen MR) is 106 cm³/mol. The van der Waals surface area contributed by atoms with E-state index in [0.717, 1.165) is 0 Å². The number of para-hydroxylation sites is 1. The maximum Gasteiger partial charge on any atom is 0.329 e. The summed E-state index contributed by atoms with van der Waals surface area (Å²) in [6, 6.07) is 13.8. The first-order valence-electron chi connectivity index (χ1n) is 8.38. The Hall–Kier alpha value is -3.39. The van der Waals surface area contributed by atoms with Crippen molar-refractivity contribution in [3.63, 3.8) is 0 Å². The highest BCUT2D eigenvalue weighted by molar-refractivity contribution is 6.35. The molecule has 0 spiro atoms. The van der Waals surface area contributed by atoms with Gasteiger partial charge in [-0.2, -0.15) is 5.10 Å². The minimum Gasteiger partial charge on any atom is -0.482 e. The van der Waals surface area contributed by atoms with E-state index in [1.165, 1.54) is 6.21 Å². The third-order valence-electron chi connectivity index (χ3n) is 3.30. The van der Waals surface area contributed by atoms with Gasteiger partial charge in [-0.3, -0.25) is 14.4 Å². The summed E-state index contributed by atoms with van der Waals surface area (Å²) < 4.78 is 5.42. The molecule has 0 aliphatic heterocycles. The molecule has 0 bridgehead atoms. The normalized spacial score (nSPS) is 10.4. The van der Waals surface area contributed by atoms with Crippen LogP contribution in [-0.4, -0.2) is 37.1 Å². The summed E-state index contributed by atoms with van der Waals surface area (Å²) in [6.45, 7) is 1.84. The average molecular weight is 403 g/mol. The zero-order valence-corrected chi connectivity index (χ0v) is 15.8. The lowest BCUT2D eigenvalue weighted by Crippen LogP contribution is -2.37. The Morgan fingerprint density at radius 1 is 1.11 bits per heavy atom. The van der Waals surface area contributed by atoms with Gasteiger partial charge in [0.25, 0.3) is 5.91 Å². The Kier molecular flexibility index (Phi) is 7.98. The lowest BCUT2D eigenvalue weighted by Gasteiger charge is -2.09. The first-order chi connectivity index (χ1) is 13.5. The molecule has 3 amide bonds. The van der Waals surface area contributed by atoms with E-state index in [1.54, 1.807) is 37.3 Å². The van der Waals surface area contributed by atoms with Gasteiger partial charge in [0.2, 0.25) is 0 Å². The van der Waals surface area contributed by atoms with Gasteiger partial charge in [0, 0.05) is 12.2 Å². The van der Waals surface area contributed by atoms with E-state index in [9.17, 15) is 14.4 Å². The zero-order chi connectivity index (χ0) is 20.4. The Morgan fingerprint density at radius 2 is 1.86 bits per heavy atom. The van der Waals surface area contributed by atoms with Gasteiger partial charge in [0.05, 0.1) is 11.2 Å². The number of nitrogens with zero attached hydrogens (tertiary/aromatic N) is 1. The van der Waals surface area contributed by atoms with E-state index in [0.29, 0.717) is 23.5 Å². The van der Waals surface area contributed by atoms with Crippen molar-refractivity contribution in [3.8, 4) is 5.75 Å². The van der Waals surface area contributed by atoms with Crippen LogP contribution in [0.4, 0.5) is 5.69 Å². The number of benzene rings is 2. The van der Waals surface area contributed by atoms with Crippen molar-refractivity contribution >= 4 is 41.2 Å². The van der Waals surface area contributed by atoms with Crippen LogP contribution >= 0.6 is 11.6 Å². The standard InChI is InChI=1S/C19H19ClN4O4/c1-2-21-18(26)19(27)24-22-11-13-8-9-16(15(20)10-13)28-12-17(25)23-14-6-4-3-5-7-14/h3-11H,2,12H2,1H3,(H,21,26)(H,23,25)(H,24,27)/b22-11-. The van der Waals surface area contributed by atoms with Crippen molar-refractivity contribution in [3.05, 3.63) is 59.1 Å². The van der Waals surface area contributed by atoms with Crippen molar-refractivity contribution < 1.29 is 19.1 Å². The molecule has 28 heavy (non-hydrogen) atoms. The molecule has 0 aromatic heterocycles. The number of anilines is 1. The van der Waals surface area contributed by atoms with Crippen LogP contribution in [0.15, 0.2) is 53.6 Å². The quantitative estimate of drug-likeness (QED) is 0.373. The van der Waals surface area contributed by atoms with E-state index in [4.69, 9.17) is 16.3 Å². The van der Waals surface area contributed by atoms with Crippen molar-refractivity contribution in [2.75, 3.05) is 18.5 Å². The SMILES string of the molecule is CCNC(=O)C(=O)N/N=C\c1ccc(OCC(=O)Nc2ccccc2)c(Cl)c1. The van der Waals surface area contributed by atoms with Gasteiger partial charge in [-0.25, -0.2) is 5.43 Å². The van der Waals surface area contributed by atoms with E-state index in [2.05, 4.69) is 21.2 Å². The number of hydrogen-bond acceptors (Lipinski definition) is 5. The van der Waals surface area contributed by atoms with Crippen LogP contribution in [0.25, 0.3) is 0 Å². The maximum atomic E-state index is 11.9. The van der Waals surface area contributed by atoms with Gasteiger partial charge >= 0.3 is 11.8 Å². The second-order valence-electron chi connectivity index (χ2n) is 5.45. The van der Waals surface area contributed by atoms with Crippen LogP contribution in [0, 0.1) is 0 Å². The van der Waals surface area contributed by atoms with E-state index < -0.39 is 11.8 Å². The molecule has 0 fully saturated rings. The molecule has 2 aromatic rings. The molecule has 0 heterocycles. The number of nitrogens with one attached hydrogen (secondary N) is 3. The number of halogens is 1. The van der Waals surface area contributed by atoms with Gasteiger partial charge < -0.3 is 15.4 Å². The number of ether oxygens (including phenoxy) is 1. The minimum atomic E-state index is -0.867. The number of rotatable bonds is 7. The minimum absolute atomic E-state index is 0.204. The molecule has 146 valence electrons. The van der Waals surface area contributed by atoms with Gasteiger partial charge in [-0.1, -0.05) is 29.8 Å². The highest BCUT2D eigenvalue weighted by Crippen LogP contribution is 2.25. The number of carbonyl (C=O) groups excluding carboxylic acids is 3. The Bertz CT molecular complexity index is 871. The second kappa shape index (κ2) is 10.7. The topological polar surface area (TPSA) is 109 Å². The van der Waals surface area contributed by atoms with Crippen LogP contribution in [0.2, 0.25) is 5.02 Å². The van der Waals surface area contributed by atoms with Crippen molar-refractivity contribution in [1.82, 2.24) is 10.7 Å². The number of likely N-dealkylation sites (N-methyl/N-ethyl adjacent to an activating group) is 1. The summed E-state index contributed by atoms with van der Waals surface area (Å²) in [4.78, 5) is 34.6. The van der Waals surface area contributed by atoms with Crippen molar-refractivity contribution in [1.29, 1.82) is 0 Å². The predicted octanol–water partition coefficient (Wildman–Crippen LogP) is 1.94. The Morgan fingerprint density at radius 3 is 2.54 bits per heavy atom. The summed E-state index contributed by atoms with van der Waals surface area (Å²) >= 11 is 6.14. The van der Waals surface area contributed by atoms with Gasteiger partial charge in [0.15, 0.2) is 6.61 Å². The third kappa shape index (κ3) is 6.73. The summed E-state index contributed by atoms with van der Waals surface area (Å²) in [7, 11) is 0. The lowest BCUT2D eigenvalue weighted by atomic mass is 10.2. The van der Waals surface area contributed by atoms with E-state index in [1.807, 2.05) is 18.2 Å². The van der Waals surface area contributed by atoms with Crippen molar-refractivity contribution in [2.45, 2.75) is 6.92 Å². The lowest BCUT2D eigenvalue weighted by molar-refractivity contribution is -0.139. The summed E-state index contributed by atoms with van der Waals surface area (Å²) in [5.41, 5.74) is 3.35. The summed E-state index contributed by atoms with van der Waals surface area (Å²) in [6.07, 6.45) is 1.33. The highest BCUT2D eigenvalue weighted by Gasteiger charge is 2.10. The van der Waals surface area contributed by atoms with E-state index >= 15 is 0 Å². The molecule has 0 saturated carbocycles. The summed E-state index contributed by atoms with van der Waals surface area (Å²) in [5, 5.41) is 9.01. The zero-order valence-electron chi connectivity index (χ0n) is 15.1. The van der Waals surface area contributed by atoms with Gasteiger partial charge in [-0.15, -0.1) is 0 Å².